The topological polar surface area (TPSA) is 67.4 Å². The van der Waals surface area contributed by atoms with Gasteiger partial charge in [-0.05, 0) is 45.5 Å². The van der Waals surface area contributed by atoms with Gasteiger partial charge in [0.05, 0.1) is 11.5 Å². The fourth-order valence-corrected chi connectivity index (χ4v) is 3.31. The molecule has 0 radical (unpaired) electrons. The van der Waals surface area contributed by atoms with E-state index in [4.69, 9.17) is 4.74 Å². The molecule has 1 rings (SSSR count). The van der Waals surface area contributed by atoms with E-state index in [1.54, 1.807) is 20.9 Å². The number of hydrogen-bond donors (Lipinski definition) is 2. The van der Waals surface area contributed by atoms with Crippen LogP contribution in [0, 0.1) is 12.7 Å². The Bertz CT molecular complexity index is 576. The molecular weight excluding hydrogens is 295 g/mol. The molecule has 120 valence electrons. The first-order valence-corrected chi connectivity index (χ1v) is 8.33. The van der Waals surface area contributed by atoms with Crippen molar-refractivity contribution in [2.45, 2.75) is 38.3 Å². The van der Waals surface area contributed by atoms with E-state index in [2.05, 4.69) is 10.0 Å². The molecule has 0 heterocycles. The highest BCUT2D eigenvalue weighted by molar-refractivity contribution is 7.89. The minimum absolute atomic E-state index is 0.0648. The normalized spacial score (nSPS) is 13.4. The number of ether oxygens (including phenoxy) is 1. The molecule has 5 nitrogen and oxygen atoms in total. The first-order valence-electron chi connectivity index (χ1n) is 6.85. The molecule has 0 saturated heterocycles. The third-order valence-electron chi connectivity index (χ3n) is 2.91. The summed E-state index contributed by atoms with van der Waals surface area (Å²) < 4.78 is 46.3. The van der Waals surface area contributed by atoms with Crippen molar-refractivity contribution in [1.29, 1.82) is 0 Å². The number of hydrogen-bond acceptors (Lipinski definition) is 4. The van der Waals surface area contributed by atoms with Gasteiger partial charge >= 0.3 is 0 Å². The van der Waals surface area contributed by atoms with Gasteiger partial charge in [0.2, 0.25) is 10.0 Å². The standard InChI is InChI=1S/C14H23FN2O3S/c1-5-20-9-11(3)17-21(18,19)13-6-10(2)14(15)12(7-13)8-16-4/h6-7,11,16-17H,5,8-9H2,1-4H3. The van der Waals surface area contributed by atoms with Crippen molar-refractivity contribution in [3.05, 3.63) is 29.1 Å². The number of aryl methyl sites for hydroxylation is 1. The largest absolute Gasteiger partial charge is 0.380 e. The van der Waals surface area contributed by atoms with E-state index in [1.165, 1.54) is 12.1 Å². The van der Waals surface area contributed by atoms with E-state index in [1.807, 2.05) is 6.92 Å². The maximum absolute atomic E-state index is 13.9. The fourth-order valence-electron chi connectivity index (χ4n) is 1.94. The SMILES string of the molecule is CCOCC(C)NS(=O)(=O)c1cc(C)c(F)c(CNC)c1. The van der Waals surface area contributed by atoms with E-state index in [0.717, 1.165) is 0 Å². The number of benzene rings is 1. The zero-order chi connectivity index (χ0) is 16.0. The predicted molar refractivity (Wildman–Crippen MR) is 80.2 cm³/mol. The molecule has 1 aromatic carbocycles. The summed E-state index contributed by atoms with van der Waals surface area (Å²) in [4.78, 5) is 0.0648. The Morgan fingerprint density at radius 1 is 1.38 bits per heavy atom. The minimum Gasteiger partial charge on any atom is -0.380 e. The van der Waals surface area contributed by atoms with Crippen LogP contribution in [0.2, 0.25) is 0 Å². The highest BCUT2D eigenvalue weighted by Gasteiger charge is 2.20. The second-order valence-corrected chi connectivity index (χ2v) is 6.64. The molecule has 1 aromatic rings. The molecule has 0 saturated carbocycles. The Balaban J connectivity index is 3.02. The summed E-state index contributed by atoms with van der Waals surface area (Å²) >= 11 is 0. The number of halogens is 1. The summed E-state index contributed by atoms with van der Waals surface area (Å²) in [6.07, 6.45) is 0. The second kappa shape index (κ2) is 7.84. The van der Waals surface area contributed by atoms with Crippen LogP contribution in [0.3, 0.4) is 0 Å². The van der Waals surface area contributed by atoms with Crippen molar-refractivity contribution < 1.29 is 17.5 Å². The molecular formula is C14H23FN2O3S. The molecule has 1 unspecified atom stereocenters. The molecule has 1 atom stereocenters. The Labute approximate surface area is 125 Å². The van der Waals surface area contributed by atoms with Crippen LogP contribution in [0.15, 0.2) is 17.0 Å². The van der Waals surface area contributed by atoms with E-state index in [0.29, 0.717) is 24.3 Å². The maximum atomic E-state index is 13.9. The smallest absolute Gasteiger partial charge is 0.240 e. The average molecular weight is 318 g/mol. The van der Waals surface area contributed by atoms with Gasteiger partial charge in [0, 0.05) is 24.8 Å². The summed E-state index contributed by atoms with van der Waals surface area (Å²) in [5.41, 5.74) is 0.635. The molecule has 0 aliphatic carbocycles. The van der Waals surface area contributed by atoms with E-state index >= 15 is 0 Å². The van der Waals surface area contributed by atoms with Crippen molar-refractivity contribution in [3.63, 3.8) is 0 Å². The number of nitrogens with one attached hydrogen (secondary N) is 2. The van der Waals surface area contributed by atoms with Gasteiger partial charge in [0.1, 0.15) is 5.82 Å². The molecule has 0 aromatic heterocycles. The summed E-state index contributed by atoms with van der Waals surface area (Å²) in [5, 5.41) is 2.82. The number of rotatable bonds is 8. The van der Waals surface area contributed by atoms with Crippen LogP contribution in [0.5, 0.6) is 0 Å². The third kappa shape index (κ3) is 5.03. The molecule has 0 bridgehead atoms. The van der Waals surface area contributed by atoms with Gasteiger partial charge in [-0.3, -0.25) is 0 Å². The molecule has 0 aliphatic rings. The van der Waals surface area contributed by atoms with Crippen LogP contribution >= 0.6 is 0 Å². The minimum atomic E-state index is -3.69. The first-order chi connectivity index (χ1) is 9.81. The van der Waals surface area contributed by atoms with Gasteiger partial charge in [0.15, 0.2) is 0 Å². The van der Waals surface area contributed by atoms with Crippen molar-refractivity contribution in [2.24, 2.45) is 0 Å². The molecule has 0 spiro atoms. The molecule has 21 heavy (non-hydrogen) atoms. The number of sulfonamides is 1. The van der Waals surface area contributed by atoms with Crippen LogP contribution in [0.4, 0.5) is 4.39 Å². The van der Waals surface area contributed by atoms with Gasteiger partial charge in [-0.15, -0.1) is 0 Å². The monoisotopic (exact) mass is 318 g/mol. The van der Waals surface area contributed by atoms with Crippen LogP contribution in [0.25, 0.3) is 0 Å². The lowest BCUT2D eigenvalue weighted by Gasteiger charge is -2.15. The van der Waals surface area contributed by atoms with E-state index in [9.17, 15) is 12.8 Å². The van der Waals surface area contributed by atoms with Crippen molar-refractivity contribution >= 4 is 10.0 Å². The van der Waals surface area contributed by atoms with Gasteiger partial charge in [-0.1, -0.05) is 0 Å². The zero-order valence-corrected chi connectivity index (χ0v) is 13.7. The quantitative estimate of drug-likeness (QED) is 0.763. The Hall–Kier alpha value is -1.02. The lowest BCUT2D eigenvalue weighted by molar-refractivity contribution is 0.133. The summed E-state index contributed by atoms with van der Waals surface area (Å²) in [6, 6.07) is 2.34. The zero-order valence-electron chi connectivity index (χ0n) is 12.9. The Morgan fingerprint density at radius 2 is 2.05 bits per heavy atom. The lowest BCUT2D eigenvalue weighted by atomic mass is 10.1. The van der Waals surface area contributed by atoms with Crippen molar-refractivity contribution in [3.8, 4) is 0 Å². The first kappa shape index (κ1) is 18.0. The molecule has 2 N–H and O–H groups in total. The fraction of sp³-hybridized carbons (Fsp3) is 0.571. The maximum Gasteiger partial charge on any atom is 0.240 e. The molecule has 0 aliphatic heterocycles. The summed E-state index contributed by atoms with van der Waals surface area (Å²) in [5.74, 6) is -0.384. The Kier molecular flexibility index (Phi) is 6.73. The van der Waals surface area contributed by atoms with Crippen LogP contribution in [-0.2, 0) is 21.3 Å². The van der Waals surface area contributed by atoms with Gasteiger partial charge in [-0.2, -0.15) is 0 Å². The molecule has 0 fully saturated rings. The van der Waals surface area contributed by atoms with Gasteiger partial charge in [-0.25, -0.2) is 17.5 Å². The molecule has 0 amide bonds. The highest BCUT2D eigenvalue weighted by atomic mass is 32.2. The van der Waals surface area contributed by atoms with E-state index < -0.39 is 10.0 Å². The van der Waals surface area contributed by atoms with Gasteiger partial charge in [0.25, 0.3) is 0 Å². The van der Waals surface area contributed by atoms with Crippen LogP contribution in [-0.4, -0.2) is 34.7 Å². The second-order valence-electron chi connectivity index (χ2n) is 4.93. The summed E-state index contributed by atoms with van der Waals surface area (Å²) in [7, 11) is -2.02. The average Bonchev–Trinajstić information content (AvgIpc) is 2.41. The van der Waals surface area contributed by atoms with Crippen molar-refractivity contribution in [1.82, 2.24) is 10.0 Å². The van der Waals surface area contributed by atoms with Gasteiger partial charge < -0.3 is 10.1 Å². The molecule has 7 heteroatoms. The summed E-state index contributed by atoms with van der Waals surface area (Å²) in [6.45, 7) is 6.20. The Morgan fingerprint density at radius 3 is 2.62 bits per heavy atom. The predicted octanol–water partition coefficient (Wildman–Crippen LogP) is 1.56. The third-order valence-corrected chi connectivity index (χ3v) is 4.48. The van der Waals surface area contributed by atoms with E-state index in [-0.39, 0.29) is 23.3 Å². The van der Waals surface area contributed by atoms with Crippen molar-refractivity contribution in [2.75, 3.05) is 20.3 Å². The van der Waals surface area contributed by atoms with Crippen LogP contribution in [0.1, 0.15) is 25.0 Å². The highest BCUT2D eigenvalue weighted by Crippen LogP contribution is 2.19. The lowest BCUT2D eigenvalue weighted by Crippen LogP contribution is -2.36. The van der Waals surface area contributed by atoms with Crippen LogP contribution < -0.4 is 10.0 Å².